The number of ether oxygens (including phenoxy) is 23. The lowest BCUT2D eigenvalue weighted by Crippen LogP contribution is -2.72. The van der Waals surface area contributed by atoms with Crippen molar-refractivity contribution in [1.29, 1.82) is 0 Å². The molecule has 60 atom stereocenters. The molecule has 12 heterocycles. The van der Waals surface area contributed by atoms with Gasteiger partial charge in [-0.25, -0.2) is 0 Å². The Morgan fingerprint density at radius 2 is 0.434 bits per heavy atom. The van der Waals surface area contributed by atoms with E-state index in [1.807, 2.05) is 0 Å². The predicted octanol–water partition coefficient (Wildman–Crippen LogP) is -23.4. The number of carbonyl (C=O) groups excluding carboxylic acids is 5. The zero-order valence-corrected chi connectivity index (χ0v) is 78.9. The average Bonchev–Trinajstić information content (AvgIpc) is 0.759. The lowest BCUT2D eigenvalue weighted by molar-refractivity contribution is -0.408. The summed E-state index contributed by atoms with van der Waals surface area (Å²) in [6.45, 7) is -2.69. The third-order valence-electron chi connectivity index (χ3n) is 27.0. The van der Waals surface area contributed by atoms with Crippen LogP contribution in [0.2, 0.25) is 0 Å². The summed E-state index contributed by atoms with van der Waals surface area (Å²) in [5, 5.41) is 354. The topological polar surface area (TPSA) is 965 Å². The SMILES string of the molecule is CC(=O)N[C@H]1[C@H](O[C@H]2[C@H](O)[C@@H](NC(C)=O)C(O)O[C@@H]2CO)O[C@H](CO)[C@@H](O[C@@H]2O[C@H](CO[C@H]3O[C@H](CO)[C@@H](O)[C@H](O)[C@@H]3O[C@@H]3O[C@H](CO)[C@@H](O[C@@H]4O[C@H](CO)[C@H](O)[C@H](O)[C@H]4NC(C)=O)[C@H](O[C@@H]4O[C@@H](C)[C@@H](O)[C@@H](O)[C@@H]4O)[C@H]3NC(C)=O)[C@@H](O)[C@H](O[C@H]3O[C@H](CO)[C@@H](O)[C@H](O)[C@@H]3O[C@@H]3O[C@H](CO)[C@@H](O[C@@H]4O[C@H](CO)[C@H](O)[C@H](O)[C@H]4O[C@@H]4O[C@@H](C)[C@@H](O)[C@@H](O)[C@@H]4O)[C@H](O[C@@H]4O[C@@H](C)[C@@H](O)[C@@H](O)[C@@H]4O)[C@H]3NC(C)=O)[C@@H]2O)[C@@H]1O. The highest BCUT2D eigenvalue weighted by molar-refractivity contribution is 5.75. The minimum absolute atomic E-state index is 0.830. The molecule has 12 aliphatic heterocycles. The summed E-state index contributed by atoms with van der Waals surface area (Å²) in [5.41, 5.74) is 0. The molecule has 12 saturated heterocycles. The summed E-state index contributed by atoms with van der Waals surface area (Å²) in [5.74, 6) is -4.86. The third kappa shape index (κ3) is 26.2. The highest BCUT2D eigenvalue weighted by Gasteiger charge is 2.65. The number of hydrogen-bond acceptors (Lipinski definition) is 58. The van der Waals surface area contributed by atoms with E-state index in [0.29, 0.717) is 0 Å². The maximum absolute atomic E-state index is 13.9. The van der Waals surface area contributed by atoms with Gasteiger partial charge in [0.15, 0.2) is 75.5 Å². The van der Waals surface area contributed by atoms with Crippen LogP contribution in [0, 0.1) is 0 Å². The molecule has 0 saturated carbocycles. The van der Waals surface area contributed by atoms with Crippen molar-refractivity contribution in [2.75, 3.05) is 59.5 Å². The van der Waals surface area contributed by atoms with Crippen LogP contribution in [0.5, 0.6) is 0 Å². The minimum Gasteiger partial charge on any atom is -0.394 e. The number of amides is 5. The van der Waals surface area contributed by atoms with E-state index >= 15 is 0 Å². The minimum atomic E-state index is -2.73. The van der Waals surface area contributed by atoms with Gasteiger partial charge in [-0.15, -0.1) is 0 Å². The Morgan fingerprint density at radius 3 is 0.807 bits per heavy atom. The van der Waals surface area contributed by atoms with E-state index in [1.165, 1.54) is 20.8 Å². The van der Waals surface area contributed by atoms with Crippen molar-refractivity contribution in [3.63, 3.8) is 0 Å². The second-order valence-electron chi connectivity index (χ2n) is 37.3. The van der Waals surface area contributed by atoms with E-state index in [9.17, 15) is 177 Å². The third-order valence-corrected chi connectivity index (χ3v) is 27.0. The number of nitrogens with one attached hydrogen (secondary N) is 5. The molecule has 12 rings (SSSR count). The van der Waals surface area contributed by atoms with E-state index in [0.717, 1.165) is 34.6 Å². The lowest BCUT2D eigenvalue weighted by atomic mass is 9.93. The second-order valence-corrected chi connectivity index (χ2v) is 37.3. The first kappa shape index (κ1) is 119. The fourth-order valence-electron chi connectivity index (χ4n) is 19.1. The first-order valence-electron chi connectivity index (χ1n) is 46.7. The maximum Gasteiger partial charge on any atom is 0.217 e. The molecule has 0 bridgehead atoms. The normalized spacial score (nSPS) is 50.1. The Bertz CT molecular complexity index is 4070. The Kier molecular flexibility index (Phi) is 42.2. The molecule has 0 aliphatic carbocycles. The Balaban J connectivity index is 0.925. The summed E-state index contributed by atoms with van der Waals surface area (Å²) in [4.78, 5) is 66.0. The van der Waals surface area contributed by atoms with Crippen molar-refractivity contribution in [3.8, 4) is 0 Å². The van der Waals surface area contributed by atoms with Crippen molar-refractivity contribution >= 4 is 29.5 Å². The molecule has 35 N–H and O–H groups in total. The monoisotopic (exact) mass is 2120 g/mol. The summed E-state index contributed by atoms with van der Waals surface area (Å²) in [6, 6.07) is -9.82. The van der Waals surface area contributed by atoms with Gasteiger partial charge in [0.05, 0.1) is 77.8 Å². The lowest BCUT2D eigenvalue weighted by Gasteiger charge is -2.52. The number of carbonyl (C=O) groups is 5. The number of aliphatic hydroxyl groups excluding tert-OH is 30. The molecule has 0 spiro atoms. The van der Waals surface area contributed by atoms with Gasteiger partial charge in [-0.05, 0) is 20.8 Å². The van der Waals surface area contributed by atoms with Crippen molar-refractivity contribution in [2.24, 2.45) is 0 Å². The van der Waals surface area contributed by atoms with Gasteiger partial charge in [0.1, 0.15) is 274 Å². The van der Waals surface area contributed by atoms with Crippen molar-refractivity contribution < 1.29 is 286 Å². The van der Waals surface area contributed by atoms with Gasteiger partial charge in [0, 0.05) is 34.6 Å². The van der Waals surface area contributed by atoms with E-state index in [4.69, 9.17) is 109 Å². The highest BCUT2D eigenvalue weighted by atomic mass is 16.8. The molecule has 145 heavy (non-hydrogen) atoms. The molecule has 0 aromatic rings. The molecular formula is C82H137N5O58. The van der Waals surface area contributed by atoms with Gasteiger partial charge in [0.25, 0.3) is 0 Å². The summed E-state index contributed by atoms with van der Waals surface area (Å²) in [7, 11) is 0. The van der Waals surface area contributed by atoms with Crippen LogP contribution < -0.4 is 26.6 Å². The predicted molar refractivity (Wildman–Crippen MR) is 449 cm³/mol. The van der Waals surface area contributed by atoms with Crippen LogP contribution in [0.1, 0.15) is 55.4 Å². The molecule has 0 aromatic carbocycles. The standard InChI is InChI=1S/C82H137N5O58/c1-18-40(101)51(112)57(118)76(124-18)140-65-38(86-24(7)99)74(133-32(15-94)63(65)138-72-36(84-22(5)97)48(109)43(104)26(9-88)128-72)143-68-54(115)44(105)27(10-89)129-80(68)123-17-34-47(108)67(60(121)79(135-34)137-62-31(14-93)132-73(37(50(62)111)85-23(6)98)136-61-30(13-92)127-71(122)35(49(61)110)83-21(4)96)142-82-69(55(116)45(106)29(12-91)131-82)144-75-39(87-25(8)100)66(141-77-58(119)52(113)41(102)19(2)125-77)64(33(16-95)134-75)139-81-70(56(117)46(107)28(11-90)130-81)145-78-59(120)53(114)42(103)20(3)126-78/h18-20,26-82,88-95,101-122H,9-17H2,1-8H3,(H,83,96)(H,84,97)(H,85,98)(H,86,99)(H,87,100)/t18-,19-,20-,26+,27+,28+,29+,30+,31+,32+,33+,34+,35+,36+,37+,38+,39+,40+,41+,42+,43-,44+,45+,46-,47+,48+,49+,50+,51+,52+,53+,54-,55-,56-,57-,58-,59-,60-,61+,62+,63+,64+,65+,66+,67-,68-,69-,70+,71?,72-,73-,74-,75-,76-,77-,78-,79-,80-,81-,82+/m0/s1. The number of aliphatic hydroxyl groups is 30. The summed E-state index contributed by atoms with van der Waals surface area (Å²) >= 11 is 0. The first-order valence-corrected chi connectivity index (χ1v) is 46.7. The van der Waals surface area contributed by atoms with Crippen LogP contribution in [0.4, 0.5) is 0 Å². The van der Waals surface area contributed by atoms with E-state index < -0.39 is 457 Å². The van der Waals surface area contributed by atoms with Crippen molar-refractivity contribution in [3.05, 3.63) is 0 Å². The Hall–Kier alpha value is -4.77. The van der Waals surface area contributed by atoms with Crippen LogP contribution in [-0.2, 0) is 133 Å². The smallest absolute Gasteiger partial charge is 0.217 e. The van der Waals surface area contributed by atoms with Gasteiger partial charge in [0.2, 0.25) is 29.5 Å². The first-order chi connectivity index (χ1) is 68.5. The second kappa shape index (κ2) is 51.5. The molecule has 12 fully saturated rings. The molecule has 1 unspecified atom stereocenters. The van der Waals surface area contributed by atoms with Gasteiger partial charge in [-0.3, -0.25) is 24.0 Å². The zero-order chi connectivity index (χ0) is 107. The summed E-state index contributed by atoms with van der Waals surface area (Å²) in [6.07, 6.45) is -118. The summed E-state index contributed by atoms with van der Waals surface area (Å²) < 4.78 is 141. The van der Waals surface area contributed by atoms with Crippen LogP contribution in [0.15, 0.2) is 0 Å². The number of hydrogen-bond donors (Lipinski definition) is 35. The van der Waals surface area contributed by atoms with Crippen LogP contribution in [0.25, 0.3) is 0 Å². The van der Waals surface area contributed by atoms with Crippen LogP contribution in [-0.4, -0.2) is 610 Å². The van der Waals surface area contributed by atoms with Crippen molar-refractivity contribution in [1.82, 2.24) is 26.6 Å². The fraction of sp³-hybridized carbons (Fsp3) is 0.939. The zero-order valence-electron chi connectivity index (χ0n) is 78.9. The van der Waals surface area contributed by atoms with E-state index in [2.05, 4.69) is 26.6 Å². The molecule has 0 aromatic heterocycles. The van der Waals surface area contributed by atoms with E-state index in [1.54, 1.807) is 0 Å². The maximum atomic E-state index is 13.9. The average molecular weight is 2120 g/mol. The molecule has 12 aliphatic rings. The van der Waals surface area contributed by atoms with Crippen molar-refractivity contribution in [2.45, 2.75) is 424 Å². The highest BCUT2D eigenvalue weighted by Crippen LogP contribution is 2.44. The Morgan fingerprint density at radius 1 is 0.193 bits per heavy atom. The Labute approximate surface area is 822 Å². The van der Waals surface area contributed by atoms with Crippen LogP contribution in [0.3, 0.4) is 0 Å². The van der Waals surface area contributed by atoms with Crippen LogP contribution >= 0.6 is 0 Å². The quantitative estimate of drug-likeness (QED) is 0.0277. The largest absolute Gasteiger partial charge is 0.394 e. The molecule has 63 heteroatoms. The molecule has 838 valence electrons. The van der Waals surface area contributed by atoms with Gasteiger partial charge in [-0.1, -0.05) is 0 Å². The van der Waals surface area contributed by atoms with Gasteiger partial charge in [-0.2, -0.15) is 0 Å². The molecular weight excluding hydrogens is 1980 g/mol. The number of rotatable bonds is 36. The fourth-order valence-corrected chi connectivity index (χ4v) is 19.1. The van der Waals surface area contributed by atoms with E-state index in [-0.39, 0.29) is 0 Å². The van der Waals surface area contributed by atoms with Gasteiger partial charge < -0.3 is 289 Å². The van der Waals surface area contributed by atoms with Gasteiger partial charge >= 0.3 is 0 Å². The molecule has 0 radical (unpaired) electrons. The molecule has 5 amide bonds. The molecule has 63 nitrogen and oxygen atoms in total.